The number of phenols is 1. The van der Waals surface area contributed by atoms with E-state index >= 15 is 0 Å². The van der Waals surface area contributed by atoms with Crippen LogP contribution in [0.4, 0.5) is 0 Å². The zero-order chi connectivity index (χ0) is 23.6. The third kappa shape index (κ3) is 11.6. The van der Waals surface area contributed by atoms with E-state index in [4.69, 9.17) is 0 Å². The van der Waals surface area contributed by atoms with Crippen LogP contribution in [0.15, 0.2) is 96.6 Å². The van der Waals surface area contributed by atoms with Gasteiger partial charge in [0.25, 0.3) is 0 Å². The van der Waals surface area contributed by atoms with Crippen LogP contribution >= 0.6 is 24.8 Å². The molecule has 179 valence electrons. The van der Waals surface area contributed by atoms with Crippen LogP contribution in [0.3, 0.4) is 0 Å². The van der Waals surface area contributed by atoms with E-state index < -0.39 is 8.07 Å². The molecule has 1 N–H and O–H groups in total. The number of phenolic OH excluding ortho intramolecular Hbond substituents is 1. The standard InChI is InChI=1S/C13H10.C10H16OSi.C6H7.2ClH.Ti/c1-3-7-12(8-4-1)11-13-9-5-2-6-10-13;1-8-5-9(11)7-10(6-8)12(2,3)4;1-6-4-2-3-5-6;;;/h1-10H;5-7,11H,1-4H3;2,4H,3H2,1H3;2*1H;/q;;-1;;;+1. The molecule has 3 aromatic carbocycles. The molecule has 0 saturated carbocycles. The summed E-state index contributed by atoms with van der Waals surface area (Å²) in [5, 5.41) is 10.7. The summed E-state index contributed by atoms with van der Waals surface area (Å²) >= 11 is 2.16. The monoisotopic (exact) mass is 545 g/mol. The van der Waals surface area contributed by atoms with E-state index in [1.165, 1.54) is 25.7 Å². The van der Waals surface area contributed by atoms with Crippen LogP contribution in [0.1, 0.15) is 30.0 Å². The molecule has 0 radical (unpaired) electrons. The molecule has 0 spiro atoms. The average Bonchev–Trinajstić information content (AvgIpc) is 3.25. The van der Waals surface area contributed by atoms with Gasteiger partial charge in [0.1, 0.15) is 5.75 Å². The van der Waals surface area contributed by atoms with Crippen molar-refractivity contribution in [2.75, 3.05) is 0 Å². The van der Waals surface area contributed by atoms with Crippen molar-refractivity contribution in [2.45, 2.75) is 39.9 Å². The number of aryl methyl sites for hydroxylation is 1. The topological polar surface area (TPSA) is 20.2 Å². The minimum atomic E-state index is -1.26. The summed E-state index contributed by atoms with van der Waals surface area (Å²) < 4.78 is 1.33. The predicted octanol–water partition coefficient (Wildman–Crippen LogP) is 7.59. The second-order valence-electron chi connectivity index (χ2n) is 8.88. The molecule has 0 saturated heterocycles. The Morgan fingerprint density at radius 2 is 1.32 bits per heavy atom. The van der Waals surface area contributed by atoms with Gasteiger partial charge in [-0.25, -0.2) is 11.6 Å². The van der Waals surface area contributed by atoms with Crippen LogP contribution in [-0.2, 0) is 20.0 Å². The number of halogens is 2. The van der Waals surface area contributed by atoms with E-state index in [2.05, 4.69) is 119 Å². The third-order valence-electron chi connectivity index (χ3n) is 4.92. The van der Waals surface area contributed by atoms with Crippen LogP contribution in [0.25, 0.3) is 0 Å². The molecule has 0 atom stereocenters. The zero-order valence-electron chi connectivity index (χ0n) is 20.6. The number of allylic oxidation sites excluding steroid dienone is 4. The number of aromatic hydroxyl groups is 1. The van der Waals surface area contributed by atoms with Gasteiger partial charge in [0.2, 0.25) is 0 Å². The van der Waals surface area contributed by atoms with Crippen LogP contribution in [0, 0.1) is 13.0 Å². The normalized spacial score (nSPS) is 11.4. The first-order valence-corrected chi connectivity index (χ1v) is 15.2. The number of benzene rings is 3. The Labute approximate surface area is 230 Å². The molecule has 3 aromatic rings. The van der Waals surface area contributed by atoms with E-state index in [0.29, 0.717) is 5.75 Å². The van der Waals surface area contributed by atoms with Gasteiger partial charge in [-0.1, -0.05) is 37.8 Å². The Kier molecular flexibility index (Phi) is 15.3. The van der Waals surface area contributed by atoms with Gasteiger partial charge in [-0.05, 0) is 24.6 Å². The summed E-state index contributed by atoms with van der Waals surface area (Å²) in [6, 6.07) is 26.8. The quantitative estimate of drug-likeness (QED) is 0.265. The molecular weight excluding hydrogens is 511 g/mol. The van der Waals surface area contributed by atoms with Crippen molar-refractivity contribution in [2.24, 2.45) is 0 Å². The van der Waals surface area contributed by atoms with Crippen LogP contribution in [0.2, 0.25) is 19.6 Å². The minimum absolute atomic E-state index is 0. The summed E-state index contributed by atoms with van der Waals surface area (Å²) in [4.78, 5) is 0. The van der Waals surface area contributed by atoms with Crippen LogP contribution in [-0.4, -0.2) is 17.0 Å². The first-order chi connectivity index (χ1) is 15.2. The van der Waals surface area contributed by atoms with Crippen molar-refractivity contribution in [3.63, 3.8) is 0 Å². The predicted molar refractivity (Wildman–Crippen MR) is 153 cm³/mol. The number of rotatable bonds is 3. The molecule has 0 unspecified atom stereocenters. The van der Waals surface area contributed by atoms with Crippen LogP contribution in [0.5, 0.6) is 5.75 Å². The van der Waals surface area contributed by atoms with E-state index in [9.17, 15) is 5.11 Å². The molecule has 0 fully saturated rings. The summed E-state index contributed by atoms with van der Waals surface area (Å²) in [5.41, 5.74) is 5.00. The Balaban J connectivity index is 0.000000498. The van der Waals surface area contributed by atoms with Crippen LogP contribution < -0.4 is 5.19 Å². The molecule has 0 heterocycles. The van der Waals surface area contributed by atoms with Gasteiger partial charge < -0.3 is 5.11 Å². The molecule has 0 amide bonds. The first kappa shape index (κ1) is 32.3. The molecule has 34 heavy (non-hydrogen) atoms. The third-order valence-corrected chi connectivity index (χ3v) is 7.84. The van der Waals surface area contributed by atoms with E-state index in [0.717, 1.165) is 12.0 Å². The van der Waals surface area contributed by atoms with Crippen molar-refractivity contribution in [1.82, 2.24) is 0 Å². The molecule has 0 bridgehead atoms. The fourth-order valence-electron chi connectivity index (χ4n) is 3.09. The SMILES string of the molecule is CC1=[C-]CC=C1.Cc1cc(O)cc([Si](C)(C)C)c1.Cl.Cl.[Ti+]=[C](c1ccccc1)c1ccccc1. The Bertz CT molecular complexity index is 1010. The van der Waals surface area contributed by atoms with Crippen molar-refractivity contribution in [3.8, 4) is 5.75 Å². The van der Waals surface area contributed by atoms with Crippen molar-refractivity contribution < 1.29 is 25.1 Å². The number of hydrogen-bond donors (Lipinski definition) is 1. The van der Waals surface area contributed by atoms with Gasteiger partial charge >= 0.3 is 95.6 Å². The molecule has 0 aliphatic heterocycles. The fourth-order valence-corrected chi connectivity index (χ4v) is 4.85. The van der Waals surface area contributed by atoms with Gasteiger partial charge in [0, 0.05) is 0 Å². The molecular formula is C29H35Cl2OSiTi. The van der Waals surface area contributed by atoms with Gasteiger partial charge in [-0.3, -0.25) is 6.08 Å². The molecule has 1 nitrogen and oxygen atoms in total. The van der Waals surface area contributed by atoms with Gasteiger partial charge in [0.05, 0.1) is 8.07 Å². The Morgan fingerprint density at radius 1 is 0.824 bits per heavy atom. The molecule has 1 aliphatic rings. The van der Waals surface area contributed by atoms with Gasteiger partial charge in [-0.2, -0.15) is 6.08 Å². The van der Waals surface area contributed by atoms with Crippen molar-refractivity contribution in [1.29, 1.82) is 0 Å². The molecule has 0 aromatic heterocycles. The second kappa shape index (κ2) is 16.1. The van der Waals surface area contributed by atoms with Crippen molar-refractivity contribution in [3.05, 3.63) is 119 Å². The average molecular weight is 546 g/mol. The van der Waals surface area contributed by atoms with E-state index in [1.807, 2.05) is 25.1 Å². The Hall–Kier alpha value is -1.68. The first-order valence-electron chi connectivity index (χ1n) is 10.9. The maximum absolute atomic E-state index is 9.38. The molecule has 1 aliphatic carbocycles. The van der Waals surface area contributed by atoms with Crippen molar-refractivity contribution >= 4 is 41.9 Å². The maximum atomic E-state index is 9.38. The van der Waals surface area contributed by atoms with Gasteiger partial charge in [-0.15, -0.1) is 31.2 Å². The summed E-state index contributed by atoms with van der Waals surface area (Å²) in [6.45, 7) is 10.9. The van der Waals surface area contributed by atoms with E-state index in [-0.39, 0.29) is 24.8 Å². The fraction of sp³-hybridized carbons (Fsp3) is 0.207. The van der Waals surface area contributed by atoms with Gasteiger partial charge in [0.15, 0.2) is 0 Å². The molecule has 4 rings (SSSR count). The Morgan fingerprint density at radius 3 is 1.65 bits per heavy atom. The summed E-state index contributed by atoms with van der Waals surface area (Å²) in [5.74, 6) is 0.396. The second-order valence-corrected chi connectivity index (χ2v) is 14.7. The zero-order valence-corrected chi connectivity index (χ0v) is 24.8. The summed E-state index contributed by atoms with van der Waals surface area (Å²) in [6.07, 6.45) is 8.33. The van der Waals surface area contributed by atoms with E-state index in [1.54, 1.807) is 6.07 Å². The summed E-state index contributed by atoms with van der Waals surface area (Å²) in [7, 11) is -1.26. The molecule has 5 heteroatoms. The number of hydrogen-bond acceptors (Lipinski definition) is 1.